The van der Waals surface area contributed by atoms with Crippen molar-refractivity contribution in [2.45, 2.75) is 142 Å². The average molecular weight is 709 g/mol. The minimum absolute atomic E-state index is 0.000365. The summed E-state index contributed by atoms with van der Waals surface area (Å²) in [5, 5.41) is 30.7. The Morgan fingerprint density at radius 3 is 2.32 bits per heavy atom. The van der Waals surface area contributed by atoms with E-state index in [-0.39, 0.29) is 5.41 Å². The fourth-order valence-electron chi connectivity index (χ4n) is 10.4. The van der Waals surface area contributed by atoms with E-state index in [1.54, 1.807) is 0 Å². The molecule has 0 spiro atoms. The molecule has 1 heterocycles. The van der Waals surface area contributed by atoms with Crippen LogP contribution in [-0.4, -0.2) is 73.4 Å². The van der Waals surface area contributed by atoms with Crippen molar-refractivity contribution in [1.82, 2.24) is 0 Å². The lowest BCUT2D eigenvalue weighted by Crippen LogP contribution is -2.59. The van der Waals surface area contributed by atoms with Crippen molar-refractivity contribution >= 4 is 15.6 Å². The van der Waals surface area contributed by atoms with Gasteiger partial charge in [0.25, 0.3) is 0 Å². The highest BCUT2D eigenvalue weighted by Gasteiger charge is 2.59. The molecule has 1 aliphatic heterocycles. The first-order valence-electron chi connectivity index (χ1n) is 17.6. The largest absolute Gasteiger partial charge is 0.474 e. The number of aliphatic hydroxyl groups is 3. The molecule has 47 heavy (non-hydrogen) atoms. The van der Waals surface area contributed by atoms with Crippen LogP contribution in [0, 0.1) is 46.3 Å². The predicted molar refractivity (Wildman–Crippen MR) is 174 cm³/mol. The van der Waals surface area contributed by atoms with Crippen LogP contribution in [0.15, 0.2) is 11.6 Å². The fourth-order valence-corrected chi connectivity index (χ4v) is 11.8. The van der Waals surface area contributed by atoms with Crippen molar-refractivity contribution in [3.63, 3.8) is 0 Å². The summed E-state index contributed by atoms with van der Waals surface area (Å²) in [6, 6.07) is 0. The molecule has 1 saturated heterocycles. The van der Waals surface area contributed by atoms with Crippen LogP contribution in [0.3, 0.4) is 0 Å². The zero-order valence-corrected chi connectivity index (χ0v) is 30.3. The van der Waals surface area contributed by atoms with Gasteiger partial charge < -0.3 is 34.7 Å². The third kappa shape index (κ3) is 8.15. The van der Waals surface area contributed by atoms with E-state index < -0.39 is 59.1 Å². The number of phosphoric ester groups is 2. The van der Waals surface area contributed by atoms with Gasteiger partial charge in [0.05, 0.1) is 12.7 Å². The molecule has 3 saturated carbocycles. The third-order valence-electron chi connectivity index (χ3n) is 12.9. The normalized spacial score (nSPS) is 44.2. The summed E-state index contributed by atoms with van der Waals surface area (Å²) in [6.45, 7) is 11.2. The SMILES string of the molecule is CC(C)CCC[C@@H](C)[C@H]1CC[C@H]2[C@@H]3CC=C4C[C@@H](OP(=O)(O)O[C@H]5O[C@H](COP(=O)(O)O)[C@H](O)[C@@H](O)[C@H]5O)CC[C@]4(C)[C@H]3CC[C@]12C. The monoisotopic (exact) mass is 708 g/mol. The van der Waals surface area contributed by atoms with Gasteiger partial charge in [0.2, 0.25) is 0 Å². The van der Waals surface area contributed by atoms with Crippen LogP contribution in [0.4, 0.5) is 0 Å². The molecule has 1 unspecified atom stereocenters. The summed E-state index contributed by atoms with van der Waals surface area (Å²) in [5.41, 5.74) is 1.65. The third-order valence-corrected chi connectivity index (χ3v) is 14.4. The first-order valence-corrected chi connectivity index (χ1v) is 20.7. The lowest BCUT2D eigenvalue weighted by Gasteiger charge is -2.58. The number of hydrogen-bond donors (Lipinski definition) is 6. The number of hydrogen-bond acceptors (Lipinski definition) is 9. The first-order chi connectivity index (χ1) is 21.8. The highest BCUT2D eigenvalue weighted by Crippen LogP contribution is 2.68. The van der Waals surface area contributed by atoms with Crippen molar-refractivity contribution in [2.24, 2.45) is 46.3 Å². The molecule has 0 bridgehead atoms. The Morgan fingerprint density at radius 2 is 1.64 bits per heavy atom. The molecule has 12 nitrogen and oxygen atoms in total. The second-order valence-corrected chi connectivity index (χ2v) is 18.7. The zero-order chi connectivity index (χ0) is 34.5. The molecule has 5 rings (SSSR count). The zero-order valence-electron chi connectivity index (χ0n) is 28.5. The topological polar surface area (TPSA) is 192 Å². The number of fused-ring (bicyclic) bond motifs is 5. The Kier molecular flexibility index (Phi) is 11.7. The van der Waals surface area contributed by atoms with Gasteiger partial charge >= 0.3 is 15.6 Å². The van der Waals surface area contributed by atoms with Gasteiger partial charge in [-0.1, -0.05) is 65.5 Å². The van der Waals surface area contributed by atoms with Crippen LogP contribution in [0.5, 0.6) is 0 Å². The highest BCUT2D eigenvalue weighted by atomic mass is 31.2. The minimum atomic E-state index is -4.94. The Hall–Kier alpha value is -0.200. The Morgan fingerprint density at radius 1 is 0.915 bits per heavy atom. The summed E-state index contributed by atoms with van der Waals surface area (Å²) in [6.07, 6.45) is 4.58. The molecule has 0 aromatic carbocycles. The van der Waals surface area contributed by atoms with Crippen molar-refractivity contribution in [1.29, 1.82) is 0 Å². The molecule has 14 heteroatoms. The van der Waals surface area contributed by atoms with Crippen molar-refractivity contribution in [2.75, 3.05) is 6.61 Å². The molecular formula is C33H58O12P2. The molecule has 0 amide bonds. The lowest BCUT2D eigenvalue weighted by atomic mass is 9.47. The van der Waals surface area contributed by atoms with Crippen LogP contribution >= 0.6 is 15.6 Å². The van der Waals surface area contributed by atoms with Crippen LogP contribution in [0.25, 0.3) is 0 Å². The van der Waals surface area contributed by atoms with E-state index >= 15 is 0 Å². The van der Waals surface area contributed by atoms with Gasteiger partial charge in [0.1, 0.15) is 24.4 Å². The van der Waals surface area contributed by atoms with Gasteiger partial charge in [-0.05, 0) is 97.7 Å². The number of aliphatic hydroxyl groups excluding tert-OH is 3. The minimum Gasteiger partial charge on any atom is -0.387 e. The van der Waals surface area contributed by atoms with Crippen molar-refractivity contribution < 1.29 is 57.4 Å². The molecule has 5 aliphatic rings. The second kappa shape index (κ2) is 14.4. The highest BCUT2D eigenvalue weighted by molar-refractivity contribution is 7.47. The van der Waals surface area contributed by atoms with E-state index in [1.807, 2.05) is 0 Å². The maximum Gasteiger partial charge on any atom is 0.474 e. The molecule has 14 atom stereocenters. The Bertz CT molecular complexity index is 1220. The van der Waals surface area contributed by atoms with E-state index in [0.29, 0.717) is 30.1 Å². The van der Waals surface area contributed by atoms with Crippen molar-refractivity contribution in [3.8, 4) is 0 Å². The quantitative estimate of drug-likeness (QED) is 0.111. The summed E-state index contributed by atoms with van der Waals surface area (Å²) in [7, 11) is -9.78. The van der Waals surface area contributed by atoms with Crippen molar-refractivity contribution in [3.05, 3.63) is 11.6 Å². The second-order valence-electron chi connectivity index (χ2n) is 16.1. The van der Waals surface area contributed by atoms with E-state index in [1.165, 1.54) is 50.5 Å². The smallest absolute Gasteiger partial charge is 0.387 e. The van der Waals surface area contributed by atoms with Gasteiger partial charge in [-0.25, -0.2) is 9.13 Å². The Balaban J connectivity index is 1.20. The number of allylic oxidation sites excluding steroid dienone is 1. The van der Waals surface area contributed by atoms with E-state index in [0.717, 1.165) is 36.5 Å². The molecule has 0 aromatic heterocycles. The van der Waals surface area contributed by atoms with Gasteiger partial charge in [0.15, 0.2) is 6.29 Å². The van der Waals surface area contributed by atoms with Gasteiger partial charge in [0, 0.05) is 0 Å². The summed E-state index contributed by atoms with van der Waals surface area (Å²) < 4.78 is 44.6. The number of phosphoric acid groups is 2. The summed E-state index contributed by atoms with van der Waals surface area (Å²) in [4.78, 5) is 28.6. The van der Waals surface area contributed by atoms with Crippen LogP contribution in [-0.2, 0) is 27.4 Å². The molecule has 4 fully saturated rings. The first kappa shape index (κ1) is 38.0. The number of ether oxygens (including phenoxy) is 1. The molecular weight excluding hydrogens is 650 g/mol. The van der Waals surface area contributed by atoms with Gasteiger partial charge in [-0.15, -0.1) is 0 Å². The maximum absolute atomic E-state index is 13.1. The van der Waals surface area contributed by atoms with E-state index in [9.17, 15) is 29.3 Å². The molecule has 0 aromatic rings. The lowest BCUT2D eigenvalue weighted by molar-refractivity contribution is -0.280. The van der Waals surface area contributed by atoms with Crippen LogP contribution in [0.1, 0.15) is 105 Å². The van der Waals surface area contributed by atoms with Crippen LogP contribution < -0.4 is 0 Å². The molecule has 6 N–H and O–H groups in total. The van der Waals surface area contributed by atoms with Crippen LogP contribution in [0.2, 0.25) is 0 Å². The Labute approximate surface area is 279 Å². The van der Waals surface area contributed by atoms with E-state index in [4.69, 9.17) is 23.6 Å². The van der Waals surface area contributed by atoms with E-state index in [2.05, 4.69) is 45.2 Å². The summed E-state index contributed by atoms with van der Waals surface area (Å²) >= 11 is 0. The standard InChI is InChI=1S/C33H58O12P2/c1-19(2)7-6-8-20(3)24-11-12-25-23-10-9-21-17-22(13-15-32(21,4)26(23)14-16-33(24,25)5)44-47(40,41)45-31-30(36)29(35)28(34)27(43-31)18-42-46(37,38)39/h9,19-20,22-31,34-36H,6-8,10-18H2,1-5H3,(H,40,41)(H2,37,38,39)/t20-,22+,23+,24-,25+,26+,27-,28+,29-,30-,31-,32+,33-/m1/s1. The average Bonchev–Trinajstić information content (AvgIpc) is 3.33. The molecule has 4 aliphatic carbocycles. The predicted octanol–water partition coefficient (Wildman–Crippen LogP) is 5.45. The fraction of sp³-hybridized carbons (Fsp3) is 0.939. The van der Waals surface area contributed by atoms with Gasteiger partial charge in [-0.3, -0.25) is 13.6 Å². The van der Waals surface area contributed by atoms with Gasteiger partial charge in [-0.2, -0.15) is 0 Å². The molecule has 272 valence electrons. The maximum atomic E-state index is 13.1. The number of rotatable bonds is 12. The summed E-state index contributed by atoms with van der Waals surface area (Å²) in [5.74, 6) is 4.23. The molecule has 0 radical (unpaired) electrons.